The molecular formula is C24H16ClNO2. The summed E-state index contributed by atoms with van der Waals surface area (Å²) in [5.41, 5.74) is 3.10. The number of anilines is 3. The molecule has 136 valence electrons. The summed E-state index contributed by atoms with van der Waals surface area (Å²) in [6.45, 7) is 0. The standard InChI is InChI=1S/C24H16ClNO2/c25-20-12-7-13-22-24(20)28-21-15-14-19(16-23(21)27-22)26(17-8-3-1-4-9-17)18-10-5-2-6-11-18/h1-16H. The lowest BCUT2D eigenvalue weighted by atomic mass is 10.1. The van der Waals surface area contributed by atoms with Gasteiger partial charge in [-0.3, -0.25) is 0 Å². The van der Waals surface area contributed by atoms with Crippen molar-refractivity contribution in [3.63, 3.8) is 0 Å². The monoisotopic (exact) mass is 385 g/mol. The number of rotatable bonds is 3. The van der Waals surface area contributed by atoms with E-state index in [-0.39, 0.29) is 0 Å². The SMILES string of the molecule is Clc1cccc2c1Oc1ccc(N(c3ccccc3)c3ccccc3)cc1O2. The van der Waals surface area contributed by atoms with Crippen molar-refractivity contribution >= 4 is 28.7 Å². The highest BCUT2D eigenvalue weighted by molar-refractivity contribution is 6.32. The van der Waals surface area contributed by atoms with E-state index in [1.807, 2.05) is 66.7 Å². The minimum Gasteiger partial charge on any atom is -0.449 e. The Balaban J connectivity index is 1.60. The summed E-state index contributed by atoms with van der Waals surface area (Å²) in [5.74, 6) is 2.46. The zero-order valence-corrected chi connectivity index (χ0v) is 15.6. The Morgan fingerprint density at radius 1 is 0.536 bits per heavy atom. The van der Waals surface area contributed by atoms with Gasteiger partial charge in [0, 0.05) is 17.4 Å². The number of ether oxygens (including phenoxy) is 2. The van der Waals surface area contributed by atoms with Crippen molar-refractivity contribution in [3.05, 3.63) is 102 Å². The second-order valence-corrected chi connectivity index (χ2v) is 6.82. The molecule has 0 saturated heterocycles. The Bertz CT molecular complexity index is 1090. The average Bonchev–Trinajstić information content (AvgIpc) is 2.75. The Labute approximate surface area is 168 Å². The summed E-state index contributed by atoms with van der Waals surface area (Å²) in [6.07, 6.45) is 0. The van der Waals surface area contributed by atoms with Crippen molar-refractivity contribution in [1.82, 2.24) is 0 Å². The molecule has 0 amide bonds. The quantitative estimate of drug-likeness (QED) is 0.317. The maximum Gasteiger partial charge on any atom is 0.188 e. The molecule has 4 aromatic carbocycles. The molecule has 5 rings (SSSR count). The normalized spacial score (nSPS) is 11.6. The van der Waals surface area contributed by atoms with Crippen LogP contribution in [-0.2, 0) is 0 Å². The first-order valence-corrected chi connectivity index (χ1v) is 9.36. The van der Waals surface area contributed by atoms with Crippen LogP contribution in [0.4, 0.5) is 17.1 Å². The summed E-state index contributed by atoms with van der Waals surface area (Å²) in [6, 6.07) is 31.9. The maximum atomic E-state index is 6.24. The first-order valence-electron chi connectivity index (χ1n) is 8.98. The van der Waals surface area contributed by atoms with E-state index in [4.69, 9.17) is 21.1 Å². The molecule has 3 nitrogen and oxygen atoms in total. The van der Waals surface area contributed by atoms with Crippen LogP contribution in [0.2, 0.25) is 5.02 Å². The minimum absolute atomic E-state index is 0.530. The number of benzene rings is 4. The van der Waals surface area contributed by atoms with Gasteiger partial charge in [-0.2, -0.15) is 0 Å². The molecule has 0 fully saturated rings. The van der Waals surface area contributed by atoms with Gasteiger partial charge in [-0.15, -0.1) is 0 Å². The van der Waals surface area contributed by atoms with Crippen molar-refractivity contribution in [3.8, 4) is 23.0 Å². The Morgan fingerprint density at radius 3 is 1.89 bits per heavy atom. The first-order chi connectivity index (χ1) is 13.8. The van der Waals surface area contributed by atoms with E-state index < -0.39 is 0 Å². The molecule has 0 bridgehead atoms. The van der Waals surface area contributed by atoms with Crippen molar-refractivity contribution < 1.29 is 9.47 Å². The second kappa shape index (κ2) is 6.95. The van der Waals surface area contributed by atoms with E-state index >= 15 is 0 Å². The lowest BCUT2D eigenvalue weighted by Crippen LogP contribution is -2.10. The smallest absolute Gasteiger partial charge is 0.188 e. The fraction of sp³-hybridized carbons (Fsp3) is 0. The van der Waals surface area contributed by atoms with Gasteiger partial charge >= 0.3 is 0 Å². The number of hydrogen-bond acceptors (Lipinski definition) is 3. The van der Waals surface area contributed by atoms with Gasteiger partial charge in [0.15, 0.2) is 23.0 Å². The fourth-order valence-corrected chi connectivity index (χ4v) is 3.50. The largest absolute Gasteiger partial charge is 0.449 e. The molecule has 4 heteroatoms. The molecule has 0 aliphatic carbocycles. The van der Waals surface area contributed by atoms with Crippen LogP contribution in [-0.4, -0.2) is 0 Å². The third-order valence-electron chi connectivity index (χ3n) is 4.58. The Kier molecular flexibility index (Phi) is 4.15. The van der Waals surface area contributed by atoms with Gasteiger partial charge in [0.2, 0.25) is 0 Å². The highest BCUT2D eigenvalue weighted by Gasteiger charge is 2.23. The van der Waals surface area contributed by atoms with Gasteiger partial charge in [0.25, 0.3) is 0 Å². The van der Waals surface area contributed by atoms with Crippen LogP contribution in [0.5, 0.6) is 23.0 Å². The third kappa shape index (κ3) is 2.96. The summed E-state index contributed by atoms with van der Waals surface area (Å²) in [4.78, 5) is 2.18. The highest BCUT2D eigenvalue weighted by atomic mass is 35.5. The average molecular weight is 386 g/mol. The van der Waals surface area contributed by atoms with Gasteiger partial charge in [0.1, 0.15) is 0 Å². The summed E-state index contributed by atoms with van der Waals surface area (Å²) in [7, 11) is 0. The molecule has 1 aliphatic rings. The summed E-state index contributed by atoms with van der Waals surface area (Å²) in [5, 5.41) is 0.530. The summed E-state index contributed by atoms with van der Waals surface area (Å²) < 4.78 is 12.1. The molecule has 0 saturated carbocycles. The third-order valence-corrected chi connectivity index (χ3v) is 4.87. The van der Waals surface area contributed by atoms with Crippen LogP contribution >= 0.6 is 11.6 Å². The van der Waals surface area contributed by atoms with E-state index in [0.717, 1.165) is 17.1 Å². The fourth-order valence-electron chi connectivity index (χ4n) is 3.30. The van der Waals surface area contributed by atoms with Gasteiger partial charge < -0.3 is 14.4 Å². The molecule has 1 heterocycles. The van der Waals surface area contributed by atoms with Crippen molar-refractivity contribution in [2.24, 2.45) is 0 Å². The van der Waals surface area contributed by atoms with Crippen LogP contribution in [0.3, 0.4) is 0 Å². The molecule has 0 aromatic heterocycles. The van der Waals surface area contributed by atoms with E-state index in [0.29, 0.717) is 28.0 Å². The predicted molar refractivity (Wildman–Crippen MR) is 113 cm³/mol. The number of halogens is 1. The van der Waals surface area contributed by atoms with Gasteiger partial charge in [-0.25, -0.2) is 0 Å². The van der Waals surface area contributed by atoms with Crippen LogP contribution < -0.4 is 14.4 Å². The molecule has 4 aromatic rings. The van der Waals surface area contributed by atoms with Crippen LogP contribution in [0.1, 0.15) is 0 Å². The predicted octanol–water partition coefficient (Wildman–Crippen LogP) is 7.71. The van der Waals surface area contributed by atoms with Crippen LogP contribution in [0, 0.1) is 0 Å². The van der Waals surface area contributed by atoms with Gasteiger partial charge in [-0.1, -0.05) is 54.1 Å². The molecule has 0 atom stereocenters. The van der Waals surface area contributed by atoms with Crippen molar-refractivity contribution in [2.45, 2.75) is 0 Å². The molecule has 0 unspecified atom stereocenters. The number of nitrogens with zero attached hydrogens (tertiary/aromatic N) is 1. The highest BCUT2D eigenvalue weighted by Crippen LogP contribution is 2.50. The van der Waals surface area contributed by atoms with E-state index in [1.165, 1.54) is 0 Å². The summed E-state index contributed by atoms with van der Waals surface area (Å²) >= 11 is 6.24. The molecule has 1 aliphatic heterocycles. The van der Waals surface area contributed by atoms with E-state index in [9.17, 15) is 0 Å². The van der Waals surface area contributed by atoms with Crippen molar-refractivity contribution in [1.29, 1.82) is 0 Å². The molecule has 0 spiro atoms. The van der Waals surface area contributed by atoms with Gasteiger partial charge in [0.05, 0.1) is 10.7 Å². The maximum absolute atomic E-state index is 6.24. The van der Waals surface area contributed by atoms with Crippen LogP contribution in [0.15, 0.2) is 97.1 Å². The number of fused-ring (bicyclic) bond motifs is 2. The van der Waals surface area contributed by atoms with Gasteiger partial charge in [-0.05, 0) is 48.5 Å². The molecular weight excluding hydrogens is 370 g/mol. The molecule has 0 N–H and O–H groups in total. The zero-order chi connectivity index (χ0) is 18.9. The molecule has 28 heavy (non-hydrogen) atoms. The van der Waals surface area contributed by atoms with Crippen LogP contribution in [0.25, 0.3) is 0 Å². The number of hydrogen-bond donors (Lipinski definition) is 0. The molecule has 0 radical (unpaired) electrons. The lowest BCUT2D eigenvalue weighted by molar-refractivity contribution is 0.360. The van der Waals surface area contributed by atoms with E-state index in [2.05, 4.69) is 29.2 Å². The number of para-hydroxylation sites is 3. The second-order valence-electron chi connectivity index (χ2n) is 6.41. The topological polar surface area (TPSA) is 21.7 Å². The minimum atomic E-state index is 0.530. The Morgan fingerprint density at radius 2 is 1.21 bits per heavy atom. The lowest BCUT2D eigenvalue weighted by Gasteiger charge is -2.27. The van der Waals surface area contributed by atoms with E-state index in [1.54, 1.807) is 6.07 Å². The zero-order valence-electron chi connectivity index (χ0n) is 14.9. The first kappa shape index (κ1) is 16.7. The Hall–Kier alpha value is -3.43. The van der Waals surface area contributed by atoms with Crippen molar-refractivity contribution in [2.75, 3.05) is 4.90 Å².